The smallest absolute Gasteiger partial charge is 0.184 e. The highest BCUT2D eigenvalue weighted by atomic mass is 32.1. The lowest BCUT2D eigenvalue weighted by Crippen LogP contribution is -2.08. The molecule has 1 heterocycles. The van der Waals surface area contributed by atoms with Crippen molar-refractivity contribution in [2.75, 3.05) is 5.32 Å². The standard InChI is InChI=1S/C15H16N2OS/c1-8(2)16-15-17-12-10-6-4-5-7-11(10)13(18)9(3)14(12)19-15/h4-8,18H,1-3H3,(H,16,17). The summed E-state index contributed by atoms with van der Waals surface area (Å²) in [5, 5.41) is 16.4. The Balaban J connectivity index is 2.37. The first-order valence-electron chi connectivity index (χ1n) is 6.35. The van der Waals surface area contributed by atoms with Crippen molar-refractivity contribution in [3.63, 3.8) is 0 Å². The third-order valence-electron chi connectivity index (χ3n) is 3.17. The van der Waals surface area contributed by atoms with Crippen LogP contribution in [0, 0.1) is 6.92 Å². The van der Waals surface area contributed by atoms with Crippen LogP contribution in [0.5, 0.6) is 5.75 Å². The van der Waals surface area contributed by atoms with Crippen LogP contribution in [0.25, 0.3) is 21.0 Å². The summed E-state index contributed by atoms with van der Waals surface area (Å²) in [5.74, 6) is 0.364. The van der Waals surface area contributed by atoms with Crippen LogP contribution in [0.3, 0.4) is 0 Å². The van der Waals surface area contributed by atoms with E-state index < -0.39 is 0 Å². The number of nitrogens with zero attached hydrogens (tertiary/aromatic N) is 1. The molecular weight excluding hydrogens is 256 g/mol. The minimum absolute atomic E-state index is 0.348. The molecule has 98 valence electrons. The monoisotopic (exact) mass is 272 g/mol. The highest BCUT2D eigenvalue weighted by Crippen LogP contribution is 2.40. The molecule has 3 nitrogen and oxygen atoms in total. The summed E-state index contributed by atoms with van der Waals surface area (Å²) in [5.41, 5.74) is 1.88. The van der Waals surface area contributed by atoms with E-state index >= 15 is 0 Å². The Labute approximate surface area is 115 Å². The van der Waals surface area contributed by atoms with Crippen molar-refractivity contribution in [1.82, 2.24) is 4.98 Å². The van der Waals surface area contributed by atoms with E-state index in [-0.39, 0.29) is 0 Å². The molecular formula is C15H16N2OS. The molecule has 4 heteroatoms. The lowest BCUT2D eigenvalue weighted by atomic mass is 10.0. The number of phenolic OH excluding ortho intramolecular Hbond substituents is 1. The molecule has 0 saturated carbocycles. The molecule has 0 spiro atoms. The molecule has 0 aliphatic rings. The van der Waals surface area contributed by atoms with E-state index in [1.54, 1.807) is 11.3 Å². The number of benzene rings is 2. The van der Waals surface area contributed by atoms with E-state index in [9.17, 15) is 5.11 Å². The van der Waals surface area contributed by atoms with Gasteiger partial charge >= 0.3 is 0 Å². The molecule has 0 amide bonds. The quantitative estimate of drug-likeness (QED) is 0.731. The first kappa shape index (κ1) is 12.2. The lowest BCUT2D eigenvalue weighted by molar-refractivity contribution is 0.478. The molecule has 0 aliphatic carbocycles. The van der Waals surface area contributed by atoms with Gasteiger partial charge in [0.05, 0.1) is 10.2 Å². The van der Waals surface area contributed by atoms with Gasteiger partial charge in [-0.1, -0.05) is 35.6 Å². The third kappa shape index (κ3) is 1.92. The summed E-state index contributed by atoms with van der Waals surface area (Å²) in [7, 11) is 0. The molecule has 0 aliphatic heterocycles. The fourth-order valence-electron chi connectivity index (χ4n) is 2.27. The Hall–Kier alpha value is -1.81. The van der Waals surface area contributed by atoms with Crippen molar-refractivity contribution in [2.24, 2.45) is 0 Å². The molecule has 0 bridgehead atoms. The van der Waals surface area contributed by atoms with Crippen LogP contribution in [-0.2, 0) is 0 Å². The predicted octanol–water partition coefficient (Wildman–Crippen LogP) is 4.28. The summed E-state index contributed by atoms with van der Waals surface area (Å²) in [4.78, 5) is 4.68. The molecule has 2 N–H and O–H groups in total. The number of hydrogen-bond acceptors (Lipinski definition) is 4. The number of thiazole rings is 1. The maximum Gasteiger partial charge on any atom is 0.184 e. The van der Waals surface area contributed by atoms with Crippen LogP contribution in [-0.4, -0.2) is 16.1 Å². The average molecular weight is 272 g/mol. The summed E-state index contributed by atoms with van der Waals surface area (Å²) in [6.07, 6.45) is 0. The van der Waals surface area contributed by atoms with E-state index in [0.717, 1.165) is 31.7 Å². The molecule has 0 fully saturated rings. The highest BCUT2D eigenvalue weighted by molar-refractivity contribution is 7.22. The maximum absolute atomic E-state index is 10.3. The fraction of sp³-hybridized carbons (Fsp3) is 0.267. The van der Waals surface area contributed by atoms with Gasteiger partial charge in [0.25, 0.3) is 0 Å². The largest absolute Gasteiger partial charge is 0.507 e. The molecule has 19 heavy (non-hydrogen) atoms. The number of aromatic nitrogens is 1. The van der Waals surface area contributed by atoms with Crippen molar-refractivity contribution in [2.45, 2.75) is 26.8 Å². The van der Waals surface area contributed by atoms with Crippen molar-refractivity contribution in [3.8, 4) is 5.75 Å². The number of rotatable bonds is 2. The number of fused-ring (bicyclic) bond motifs is 3. The normalized spacial score (nSPS) is 11.6. The van der Waals surface area contributed by atoms with Crippen molar-refractivity contribution in [1.29, 1.82) is 0 Å². The van der Waals surface area contributed by atoms with Crippen LogP contribution in [0.2, 0.25) is 0 Å². The van der Waals surface area contributed by atoms with E-state index in [4.69, 9.17) is 0 Å². The molecule has 0 unspecified atom stereocenters. The number of phenols is 1. The van der Waals surface area contributed by atoms with Gasteiger partial charge < -0.3 is 10.4 Å². The van der Waals surface area contributed by atoms with Gasteiger partial charge in [-0.05, 0) is 20.8 Å². The zero-order valence-electron chi connectivity index (χ0n) is 11.2. The first-order valence-corrected chi connectivity index (χ1v) is 7.17. The molecule has 3 rings (SSSR count). The summed E-state index contributed by atoms with van der Waals surface area (Å²) in [6, 6.07) is 8.21. The van der Waals surface area contributed by atoms with Crippen molar-refractivity contribution in [3.05, 3.63) is 29.8 Å². The number of hydrogen-bond donors (Lipinski definition) is 2. The Morgan fingerprint density at radius 2 is 1.89 bits per heavy atom. The second-order valence-electron chi connectivity index (χ2n) is 5.01. The number of aryl methyl sites for hydroxylation is 1. The predicted molar refractivity (Wildman–Crippen MR) is 82.3 cm³/mol. The minimum Gasteiger partial charge on any atom is -0.507 e. The number of aromatic hydroxyl groups is 1. The minimum atomic E-state index is 0.348. The first-order chi connectivity index (χ1) is 9.08. The number of nitrogens with one attached hydrogen (secondary N) is 1. The molecule has 1 aromatic heterocycles. The fourth-order valence-corrected chi connectivity index (χ4v) is 3.40. The van der Waals surface area contributed by atoms with Crippen LogP contribution < -0.4 is 5.32 Å². The van der Waals surface area contributed by atoms with E-state index in [0.29, 0.717) is 11.8 Å². The Kier molecular flexibility index (Phi) is 2.82. The molecule has 2 aromatic carbocycles. The molecule has 0 atom stereocenters. The van der Waals surface area contributed by atoms with Crippen molar-refractivity contribution >= 4 is 37.5 Å². The van der Waals surface area contributed by atoms with Gasteiger partial charge in [0.15, 0.2) is 5.13 Å². The van der Waals surface area contributed by atoms with Crippen LogP contribution in [0.15, 0.2) is 24.3 Å². The topological polar surface area (TPSA) is 45.2 Å². The second kappa shape index (κ2) is 4.38. The van der Waals surface area contributed by atoms with E-state index in [1.165, 1.54) is 0 Å². The van der Waals surface area contributed by atoms with Gasteiger partial charge in [-0.2, -0.15) is 0 Å². The summed E-state index contributed by atoms with van der Waals surface area (Å²) in [6.45, 7) is 6.13. The Bertz CT molecular complexity index is 762. The van der Waals surface area contributed by atoms with Crippen molar-refractivity contribution < 1.29 is 5.11 Å². The zero-order chi connectivity index (χ0) is 13.6. The van der Waals surface area contributed by atoms with Crippen LogP contribution in [0.1, 0.15) is 19.4 Å². The third-order valence-corrected chi connectivity index (χ3v) is 4.28. The van der Waals surface area contributed by atoms with E-state index in [2.05, 4.69) is 24.1 Å². The SMILES string of the molecule is Cc1c(O)c2ccccc2c2nc(NC(C)C)sc12. The zero-order valence-corrected chi connectivity index (χ0v) is 12.0. The van der Waals surface area contributed by atoms with Gasteiger partial charge in [-0.15, -0.1) is 0 Å². The second-order valence-corrected chi connectivity index (χ2v) is 6.01. The van der Waals surface area contributed by atoms with E-state index in [1.807, 2.05) is 31.2 Å². The van der Waals surface area contributed by atoms with Gasteiger partial charge in [-0.3, -0.25) is 0 Å². The average Bonchev–Trinajstić information content (AvgIpc) is 2.79. The van der Waals surface area contributed by atoms with Crippen LogP contribution in [0.4, 0.5) is 5.13 Å². The molecule has 0 radical (unpaired) electrons. The van der Waals surface area contributed by atoms with Gasteiger partial charge in [-0.25, -0.2) is 4.98 Å². The lowest BCUT2D eigenvalue weighted by Gasteiger charge is -2.05. The van der Waals surface area contributed by atoms with Gasteiger partial charge in [0, 0.05) is 22.4 Å². The molecule has 3 aromatic rings. The van der Waals surface area contributed by atoms with Gasteiger partial charge in [0.2, 0.25) is 0 Å². The summed E-state index contributed by atoms with van der Waals surface area (Å²) < 4.78 is 1.05. The molecule has 0 saturated heterocycles. The highest BCUT2D eigenvalue weighted by Gasteiger charge is 2.15. The number of anilines is 1. The van der Waals surface area contributed by atoms with Crippen LogP contribution >= 0.6 is 11.3 Å². The van der Waals surface area contributed by atoms with Gasteiger partial charge in [0.1, 0.15) is 5.75 Å². The Morgan fingerprint density at radius 1 is 1.21 bits per heavy atom. The summed E-state index contributed by atoms with van der Waals surface area (Å²) >= 11 is 1.60. The maximum atomic E-state index is 10.3. The Morgan fingerprint density at radius 3 is 2.58 bits per heavy atom.